The summed E-state index contributed by atoms with van der Waals surface area (Å²) in [7, 11) is 0. The Hall–Kier alpha value is -3.29. The van der Waals surface area contributed by atoms with Crippen molar-refractivity contribution in [1.82, 2.24) is 20.3 Å². The lowest BCUT2D eigenvalue weighted by atomic mass is 9.89. The molecule has 1 atom stereocenters. The van der Waals surface area contributed by atoms with Gasteiger partial charge in [-0.15, -0.1) is 0 Å². The first-order chi connectivity index (χ1) is 14.6. The molecule has 1 aromatic carbocycles. The fraction of sp³-hybridized carbons (Fsp3) is 0.364. The summed E-state index contributed by atoms with van der Waals surface area (Å²) in [5.41, 5.74) is 1.07. The molecule has 1 saturated heterocycles. The standard InChI is InChI=1S/C22H23FN4O3/c23-16-7-5-15(6-8-16)17-14-25-21(26-17)22(11-9-19(29)27-22)10-3-1-2-4-18(28)20-24-12-13-30-20/h5-8,12-14H,1-4,9-11H2,(H,25,26)(H,27,29)/t22-/m1/s1. The Morgan fingerprint density at radius 1 is 1.17 bits per heavy atom. The van der Waals surface area contributed by atoms with Gasteiger partial charge in [-0.3, -0.25) is 9.59 Å². The normalized spacial score (nSPS) is 18.5. The molecule has 4 rings (SSSR count). The Morgan fingerprint density at radius 2 is 2.00 bits per heavy atom. The van der Waals surface area contributed by atoms with Crippen LogP contribution >= 0.6 is 0 Å². The summed E-state index contributed by atoms with van der Waals surface area (Å²) in [6, 6.07) is 6.19. The number of benzene rings is 1. The summed E-state index contributed by atoms with van der Waals surface area (Å²) < 4.78 is 18.2. The van der Waals surface area contributed by atoms with E-state index in [1.807, 2.05) is 0 Å². The largest absolute Gasteiger partial charge is 0.442 e. The lowest BCUT2D eigenvalue weighted by molar-refractivity contribution is -0.120. The van der Waals surface area contributed by atoms with Crippen molar-refractivity contribution in [3.05, 3.63) is 60.5 Å². The molecule has 3 heterocycles. The highest BCUT2D eigenvalue weighted by atomic mass is 19.1. The minimum Gasteiger partial charge on any atom is -0.442 e. The molecule has 0 bridgehead atoms. The first kappa shape index (κ1) is 20.0. The second-order valence-electron chi connectivity index (χ2n) is 7.60. The molecule has 156 valence electrons. The number of hydrogen-bond donors (Lipinski definition) is 2. The van der Waals surface area contributed by atoms with Crippen LogP contribution in [0.3, 0.4) is 0 Å². The van der Waals surface area contributed by atoms with Crippen LogP contribution in [0, 0.1) is 5.82 Å². The van der Waals surface area contributed by atoms with E-state index in [0.717, 1.165) is 36.9 Å². The van der Waals surface area contributed by atoms with Gasteiger partial charge in [0.05, 0.1) is 23.6 Å². The molecule has 7 nitrogen and oxygen atoms in total. The van der Waals surface area contributed by atoms with Crippen molar-refractivity contribution in [3.8, 4) is 11.3 Å². The predicted molar refractivity (Wildman–Crippen MR) is 107 cm³/mol. The average molecular weight is 410 g/mol. The molecule has 2 N–H and O–H groups in total. The van der Waals surface area contributed by atoms with E-state index in [0.29, 0.717) is 25.1 Å². The quantitative estimate of drug-likeness (QED) is 0.408. The molecule has 1 fully saturated rings. The Morgan fingerprint density at radius 3 is 2.70 bits per heavy atom. The Bertz CT molecular complexity index is 1010. The van der Waals surface area contributed by atoms with Crippen molar-refractivity contribution in [2.75, 3.05) is 0 Å². The van der Waals surface area contributed by atoms with Crippen molar-refractivity contribution < 1.29 is 18.4 Å². The maximum atomic E-state index is 13.2. The molecule has 1 aliphatic heterocycles. The number of aromatic nitrogens is 3. The van der Waals surface area contributed by atoms with E-state index in [-0.39, 0.29) is 23.4 Å². The number of carbonyl (C=O) groups is 2. The van der Waals surface area contributed by atoms with E-state index >= 15 is 0 Å². The maximum Gasteiger partial charge on any atom is 0.263 e. The number of nitrogens with one attached hydrogen (secondary N) is 2. The van der Waals surface area contributed by atoms with E-state index in [1.165, 1.54) is 24.6 Å². The minimum absolute atomic E-state index is 0.00815. The molecule has 0 saturated carbocycles. The van der Waals surface area contributed by atoms with Crippen LogP contribution in [0.25, 0.3) is 11.3 Å². The molecule has 0 spiro atoms. The zero-order chi connectivity index (χ0) is 21.0. The highest BCUT2D eigenvalue weighted by Gasteiger charge is 2.41. The van der Waals surface area contributed by atoms with Crippen LogP contribution < -0.4 is 5.32 Å². The maximum absolute atomic E-state index is 13.2. The van der Waals surface area contributed by atoms with Crippen LogP contribution in [0.4, 0.5) is 4.39 Å². The molecule has 2 aromatic heterocycles. The summed E-state index contributed by atoms with van der Waals surface area (Å²) in [4.78, 5) is 35.7. The van der Waals surface area contributed by atoms with E-state index in [4.69, 9.17) is 4.42 Å². The zero-order valence-corrected chi connectivity index (χ0v) is 16.5. The Labute approximate surface area is 173 Å². The zero-order valence-electron chi connectivity index (χ0n) is 16.5. The monoisotopic (exact) mass is 410 g/mol. The first-order valence-electron chi connectivity index (χ1n) is 10.1. The van der Waals surface area contributed by atoms with Gasteiger partial charge in [0.15, 0.2) is 0 Å². The molecule has 1 aliphatic rings. The predicted octanol–water partition coefficient (Wildman–Crippen LogP) is 4.14. The smallest absolute Gasteiger partial charge is 0.263 e. The van der Waals surface area contributed by atoms with Crippen molar-refractivity contribution in [1.29, 1.82) is 0 Å². The number of hydrogen-bond acceptors (Lipinski definition) is 5. The number of imidazole rings is 1. The number of halogens is 1. The fourth-order valence-corrected chi connectivity index (χ4v) is 3.90. The number of Topliss-reactive ketones (excluding diaryl/α,β-unsaturated/α-hetero) is 1. The topological polar surface area (TPSA) is 101 Å². The van der Waals surface area contributed by atoms with Gasteiger partial charge in [-0.05, 0) is 49.1 Å². The molecule has 1 amide bonds. The van der Waals surface area contributed by atoms with Gasteiger partial charge in [0, 0.05) is 12.8 Å². The number of carbonyl (C=O) groups excluding carboxylic acids is 2. The van der Waals surface area contributed by atoms with Crippen LogP contribution in [0.1, 0.15) is 61.5 Å². The number of amides is 1. The Balaban J connectivity index is 1.38. The molecule has 30 heavy (non-hydrogen) atoms. The lowest BCUT2D eigenvalue weighted by Crippen LogP contribution is -2.39. The molecule has 3 aromatic rings. The van der Waals surface area contributed by atoms with Gasteiger partial charge in [0.2, 0.25) is 11.7 Å². The lowest BCUT2D eigenvalue weighted by Gasteiger charge is -2.27. The van der Waals surface area contributed by atoms with Crippen molar-refractivity contribution in [2.45, 2.75) is 50.5 Å². The highest BCUT2D eigenvalue weighted by molar-refractivity contribution is 5.91. The number of rotatable bonds is 9. The van der Waals surface area contributed by atoms with E-state index in [9.17, 15) is 14.0 Å². The number of aromatic amines is 1. The molecular formula is C22H23FN4O3. The molecule has 8 heteroatoms. The van der Waals surface area contributed by atoms with Crippen LogP contribution in [0.5, 0.6) is 0 Å². The molecule has 0 radical (unpaired) electrons. The van der Waals surface area contributed by atoms with Gasteiger partial charge in [0.25, 0.3) is 5.89 Å². The second kappa shape index (κ2) is 8.61. The number of nitrogens with zero attached hydrogens (tertiary/aromatic N) is 2. The van der Waals surface area contributed by atoms with Crippen LogP contribution in [0.2, 0.25) is 0 Å². The summed E-state index contributed by atoms with van der Waals surface area (Å²) in [5.74, 6) is 0.481. The summed E-state index contributed by atoms with van der Waals surface area (Å²) >= 11 is 0. The summed E-state index contributed by atoms with van der Waals surface area (Å²) in [6.07, 6.45) is 9.20. The van der Waals surface area contributed by atoms with Crippen LogP contribution in [-0.2, 0) is 10.3 Å². The van der Waals surface area contributed by atoms with E-state index < -0.39 is 5.54 Å². The van der Waals surface area contributed by atoms with Gasteiger partial charge in [-0.25, -0.2) is 14.4 Å². The summed E-state index contributed by atoms with van der Waals surface area (Å²) in [6.45, 7) is 0. The van der Waals surface area contributed by atoms with Gasteiger partial charge in [0.1, 0.15) is 17.9 Å². The number of unbranched alkanes of at least 4 members (excludes halogenated alkanes) is 2. The minimum atomic E-state index is -0.540. The molecule has 0 aliphatic carbocycles. The van der Waals surface area contributed by atoms with Gasteiger partial charge >= 0.3 is 0 Å². The first-order valence-corrected chi connectivity index (χ1v) is 10.1. The van der Waals surface area contributed by atoms with Crippen LogP contribution in [-0.4, -0.2) is 26.6 Å². The van der Waals surface area contributed by atoms with E-state index in [2.05, 4.69) is 20.3 Å². The number of H-pyrrole nitrogens is 1. The molecular weight excluding hydrogens is 387 g/mol. The third-order valence-electron chi connectivity index (χ3n) is 5.52. The van der Waals surface area contributed by atoms with Crippen LogP contribution in [0.15, 0.2) is 47.3 Å². The van der Waals surface area contributed by atoms with Gasteiger partial charge in [-0.1, -0.05) is 12.8 Å². The molecule has 0 unspecified atom stereocenters. The third-order valence-corrected chi connectivity index (χ3v) is 5.52. The third kappa shape index (κ3) is 4.32. The SMILES string of the molecule is O=C1CC[C@](CCCCCC(=O)c2ncco2)(c2ncc(-c3ccc(F)cc3)[nH]2)N1. The Kier molecular flexibility index (Phi) is 5.74. The average Bonchev–Trinajstić information content (AvgIpc) is 3.50. The fourth-order valence-electron chi connectivity index (χ4n) is 3.90. The van der Waals surface area contributed by atoms with Gasteiger partial charge in [-0.2, -0.15) is 0 Å². The second-order valence-corrected chi connectivity index (χ2v) is 7.60. The van der Waals surface area contributed by atoms with Gasteiger partial charge < -0.3 is 14.7 Å². The van der Waals surface area contributed by atoms with Crippen molar-refractivity contribution in [3.63, 3.8) is 0 Å². The van der Waals surface area contributed by atoms with E-state index in [1.54, 1.807) is 18.3 Å². The number of ketones is 1. The van der Waals surface area contributed by atoms with Crippen molar-refractivity contribution >= 4 is 11.7 Å². The van der Waals surface area contributed by atoms with Crippen molar-refractivity contribution in [2.24, 2.45) is 0 Å². The highest BCUT2D eigenvalue weighted by Crippen LogP contribution is 2.36. The number of oxazole rings is 1. The summed E-state index contributed by atoms with van der Waals surface area (Å²) in [5, 5.41) is 3.10.